The summed E-state index contributed by atoms with van der Waals surface area (Å²) in [4.78, 5) is 0. The molecule has 0 spiro atoms. The summed E-state index contributed by atoms with van der Waals surface area (Å²) in [5, 5.41) is 0. The predicted octanol–water partition coefficient (Wildman–Crippen LogP) is -0.950. The summed E-state index contributed by atoms with van der Waals surface area (Å²) in [6, 6.07) is 0. The molecule has 0 saturated carbocycles. The van der Waals surface area contributed by atoms with Crippen LogP contribution in [-0.4, -0.2) is 37.1 Å². The molecule has 0 atom stereocenters. The van der Waals surface area contributed by atoms with Crippen LogP contribution in [0.1, 0.15) is 71.1 Å². The third-order valence-electron chi connectivity index (χ3n) is 2.73. The van der Waals surface area contributed by atoms with Gasteiger partial charge in [-0.25, -0.2) is 8.42 Å². The fourth-order valence-corrected chi connectivity index (χ4v) is 2.07. The van der Waals surface area contributed by atoms with Crippen molar-refractivity contribution in [2.75, 3.05) is 6.61 Å². The van der Waals surface area contributed by atoms with Gasteiger partial charge in [0.15, 0.2) is 0 Å². The van der Waals surface area contributed by atoms with E-state index in [9.17, 15) is 13.0 Å². The molecule has 0 heterocycles. The van der Waals surface area contributed by atoms with Gasteiger partial charge >= 0.3 is 29.6 Å². The van der Waals surface area contributed by atoms with Crippen LogP contribution in [0.15, 0.2) is 0 Å². The van der Waals surface area contributed by atoms with E-state index in [2.05, 4.69) is 11.1 Å². The quantitative estimate of drug-likeness (QED) is 0.181. The Balaban J connectivity index is -0.000000578. The van der Waals surface area contributed by atoms with Crippen LogP contribution < -0.4 is 29.6 Å². The molecule has 11 heteroatoms. The maximum Gasteiger partial charge on any atom is 1.00 e. The summed E-state index contributed by atoms with van der Waals surface area (Å²) in [5.74, 6) is 0. The Bertz CT molecular complexity index is 428. The molecule has 0 N–H and O–H groups in total. The Morgan fingerprint density at radius 1 is 0.696 bits per heavy atom. The summed E-state index contributed by atoms with van der Waals surface area (Å²) in [6.07, 6.45) is 11.7. The molecule has 0 aromatic heterocycles. The van der Waals surface area contributed by atoms with Crippen LogP contribution in [0.5, 0.6) is 0 Å². The van der Waals surface area contributed by atoms with E-state index in [0.29, 0.717) is 6.42 Å². The van der Waals surface area contributed by atoms with Gasteiger partial charge in [-0.2, -0.15) is 0 Å². The minimum absolute atomic E-state index is 0. The van der Waals surface area contributed by atoms with Crippen LogP contribution >= 0.6 is 0 Å². The van der Waals surface area contributed by atoms with Crippen LogP contribution in [0.3, 0.4) is 0 Å². The van der Waals surface area contributed by atoms with Gasteiger partial charge in [-0.15, -0.1) is 0 Å². The molecular weight excluding hydrogens is 359 g/mol. The molecule has 0 bridgehead atoms. The summed E-state index contributed by atoms with van der Waals surface area (Å²) >= 11 is 0. The summed E-state index contributed by atoms with van der Waals surface area (Å²) in [5.41, 5.74) is 0. The second-order valence-corrected chi connectivity index (χ2v) is 6.69. The normalized spacial score (nSPS) is 11.3. The van der Waals surface area contributed by atoms with E-state index in [1.165, 1.54) is 44.9 Å². The Kier molecular flexibility index (Phi) is 21.8. The van der Waals surface area contributed by atoms with Crippen molar-refractivity contribution in [2.24, 2.45) is 0 Å². The second-order valence-electron chi connectivity index (χ2n) is 4.82. The molecule has 0 saturated heterocycles. The fraction of sp³-hybridized carbons (Fsp3) is 1.00. The summed E-state index contributed by atoms with van der Waals surface area (Å²) in [7, 11) is -9.65. The molecule has 0 aliphatic rings. The van der Waals surface area contributed by atoms with Gasteiger partial charge in [0.1, 0.15) is 0 Å². The molecule has 0 radical (unpaired) electrons. The van der Waals surface area contributed by atoms with E-state index >= 15 is 0 Å². The zero-order valence-electron chi connectivity index (χ0n) is 13.9. The average molecular weight is 384 g/mol. The SMILES string of the molecule is CCCCCCCCCCCCOS(=O)(=O)[O-].O=S(=O)([O-])[O-].[Na+]. The first-order valence-corrected chi connectivity index (χ1v) is 10.00. The Hall–Kier alpha value is 0.740. The van der Waals surface area contributed by atoms with Crippen LogP contribution in [0.25, 0.3) is 0 Å². The minimum atomic E-state index is -5.17. The van der Waals surface area contributed by atoms with Gasteiger partial charge in [-0.1, -0.05) is 64.7 Å². The maximum absolute atomic E-state index is 10.1. The molecule has 0 aromatic carbocycles. The van der Waals surface area contributed by atoms with Crippen molar-refractivity contribution in [3.63, 3.8) is 0 Å². The minimum Gasteiger partial charge on any atom is -0.759 e. The zero-order chi connectivity index (χ0) is 17.5. The average Bonchev–Trinajstić information content (AvgIpc) is 2.32. The second kappa shape index (κ2) is 17.6. The third kappa shape index (κ3) is 45.0. The molecule has 0 fully saturated rings. The Labute approximate surface area is 162 Å². The largest absolute Gasteiger partial charge is 1.00 e. The Morgan fingerprint density at radius 2 is 1.00 bits per heavy atom. The monoisotopic (exact) mass is 384 g/mol. The van der Waals surface area contributed by atoms with E-state index in [1.807, 2.05) is 0 Å². The first-order valence-electron chi connectivity index (χ1n) is 7.33. The number of unbranched alkanes of at least 4 members (excludes halogenated alkanes) is 9. The smallest absolute Gasteiger partial charge is 0.759 e. The van der Waals surface area contributed by atoms with Crippen molar-refractivity contribution >= 4 is 20.8 Å². The topological polar surface area (TPSA) is 147 Å². The molecule has 8 nitrogen and oxygen atoms in total. The van der Waals surface area contributed by atoms with Gasteiger partial charge in [-0.05, 0) is 6.42 Å². The molecule has 0 aliphatic heterocycles. The zero-order valence-corrected chi connectivity index (χ0v) is 17.5. The number of hydrogen-bond donors (Lipinski definition) is 0. The van der Waals surface area contributed by atoms with E-state index < -0.39 is 20.8 Å². The van der Waals surface area contributed by atoms with E-state index in [-0.39, 0.29) is 36.2 Å². The van der Waals surface area contributed by atoms with Gasteiger partial charge < -0.3 is 13.7 Å². The van der Waals surface area contributed by atoms with E-state index in [4.69, 9.17) is 17.5 Å². The van der Waals surface area contributed by atoms with Crippen molar-refractivity contribution in [3.05, 3.63) is 0 Å². The summed E-state index contributed by atoms with van der Waals surface area (Å²) < 4.78 is 68.5. The standard InChI is InChI=1S/C12H26O4S.Na.H2O4S/c1-2-3-4-5-6-7-8-9-10-11-12-16-17(13,14)15;;1-5(2,3)4/h2-12H2,1H3,(H,13,14,15);;(H2,1,2,3,4)/q;+1;/p-3. The van der Waals surface area contributed by atoms with Crippen LogP contribution in [0.2, 0.25) is 0 Å². The maximum atomic E-state index is 10.1. The van der Waals surface area contributed by atoms with Crippen molar-refractivity contribution in [3.8, 4) is 0 Å². The van der Waals surface area contributed by atoms with E-state index in [0.717, 1.165) is 12.8 Å². The van der Waals surface area contributed by atoms with Gasteiger partial charge in [0.25, 0.3) is 0 Å². The van der Waals surface area contributed by atoms with Crippen molar-refractivity contribution in [2.45, 2.75) is 71.1 Å². The fourth-order valence-electron chi connectivity index (χ4n) is 1.75. The van der Waals surface area contributed by atoms with Crippen LogP contribution in [-0.2, 0) is 25.0 Å². The van der Waals surface area contributed by atoms with Gasteiger partial charge in [-0.3, -0.25) is 12.6 Å². The van der Waals surface area contributed by atoms with Crippen molar-refractivity contribution < 1.29 is 64.2 Å². The van der Waals surface area contributed by atoms with Crippen molar-refractivity contribution in [1.29, 1.82) is 0 Å². The first-order chi connectivity index (χ1) is 10.1. The molecule has 0 aromatic rings. The van der Waals surface area contributed by atoms with Gasteiger partial charge in [0.2, 0.25) is 10.4 Å². The molecule has 0 rings (SSSR count). The molecule has 0 unspecified atom stereocenters. The molecule has 0 aliphatic carbocycles. The third-order valence-corrected chi connectivity index (χ3v) is 3.18. The first kappa shape index (κ1) is 28.5. The number of rotatable bonds is 12. The molecule has 23 heavy (non-hydrogen) atoms. The van der Waals surface area contributed by atoms with Crippen LogP contribution in [0.4, 0.5) is 0 Å². The van der Waals surface area contributed by atoms with Gasteiger partial charge in [0, 0.05) is 10.4 Å². The molecular formula is C12H25NaO8S2-2. The van der Waals surface area contributed by atoms with Crippen LogP contribution in [0, 0.1) is 0 Å². The Morgan fingerprint density at radius 3 is 1.30 bits per heavy atom. The van der Waals surface area contributed by atoms with Crippen molar-refractivity contribution in [1.82, 2.24) is 0 Å². The summed E-state index contributed by atoms with van der Waals surface area (Å²) in [6.45, 7) is 2.24. The van der Waals surface area contributed by atoms with Gasteiger partial charge in [0.05, 0.1) is 6.61 Å². The number of hydrogen-bond acceptors (Lipinski definition) is 8. The predicted molar refractivity (Wildman–Crippen MR) is 78.0 cm³/mol. The molecule has 0 amide bonds. The molecule has 136 valence electrons. The van der Waals surface area contributed by atoms with E-state index in [1.54, 1.807) is 0 Å².